The van der Waals surface area contributed by atoms with Crippen molar-refractivity contribution in [3.8, 4) is 11.8 Å². The number of hydrogen-bond donors (Lipinski definition) is 1. The Morgan fingerprint density at radius 1 is 0.800 bits per heavy atom. The van der Waals surface area contributed by atoms with Crippen LogP contribution in [0.2, 0.25) is 0 Å². The van der Waals surface area contributed by atoms with Crippen LogP contribution in [0.4, 0.5) is 0 Å². The second-order valence-electron chi connectivity index (χ2n) is 8.02. The van der Waals surface area contributed by atoms with E-state index in [1.54, 1.807) is 24.3 Å². The van der Waals surface area contributed by atoms with E-state index in [0.717, 1.165) is 16.7 Å². The van der Waals surface area contributed by atoms with Gasteiger partial charge in [0.2, 0.25) is 0 Å². The number of carbonyl (C=O) groups excluding carboxylic acids is 1. The Morgan fingerprint density at radius 3 is 1.66 bits per heavy atom. The summed E-state index contributed by atoms with van der Waals surface area (Å²) in [5.74, 6) is 0.121. The summed E-state index contributed by atoms with van der Waals surface area (Å²) in [4.78, 5) is 13.0. The van der Waals surface area contributed by atoms with Crippen molar-refractivity contribution in [2.45, 2.75) is 11.6 Å². The lowest BCUT2D eigenvalue weighted by Crippen LogP contribution is -2.55. The van der Waals surface area contributed by atoms with Crippen LogP contribution in [0.3, 0.4) is 0 Å². The molecule has 4 aromatic carbocycles. The van der Waals surface area contributed by atoms with Gasteiger partial charge in [0.15, 0.2) is 0 Å². The molecule has 0 aromatic heterocycles. The molecule has 5 nitrogen and oxygen atoms in total. The van der Waals surface area contributed by atoms with Gasteiger partial charge in [-0.25, -0.2) is 0 Å². The lowest BCUT2D eigenvalue weighted by molar-refractivity contribution is -0.144. The number of hydrogen-bond acceptors (Lipinski definition) is 5. The molecule has 0 aliphatic rings. The predicted molar refractivity (Wildman–Crippen MR) is 135 cm³/mol. The van der Waals surface area contributed by atoms with E-state index in [9.17, 15) is 4.79 Å². The fourth-order valence-electron chi connectivity index (χ4n) is 4.19. The molecule has 174 valence electrons. The number of nitrogens with one attached hydrogen (secondary N) is 1. The minimum absolute atomic E-state index is 0.0345. The summed E-state index contributed by atoms with van der Waals surface area (Å²) in [6, 6.07) is 38.2. The number of nitrogens with zero attached hydrogens (tertiary/aromatic N) is 1. The Hall–Kier alpha value is -4.40. The number of ether oxygens (including phenoxy) is 2. The van der Waals surface area contributed by atoms with Crippen LogP contribution in [0, 0.1) is 11.3 Å². The maximum atomic E-state index is 13.0. The van der Waals surface area contributed by atoms with E-state index >= 15 is 0 Å². The Labute approximate surface area is 205 Å². The zero-order chi connectivity index (χ0) is 24.5. The zero-order valence-electron chi connectivity index (χ0n) is 19.4. The summed E-state index contributed by atoms with van der Waals surface area (Å²) in [7, 11) is 1.37. The first kappa shape index (κ1) is 23.7. The molecule has 0 amide bonds. The monoisotopic (exact) mass is 462 g/mol. The minimum Gasteiger partial charge on any atom is -0.491 e. The van der Waals surface area contributed by atoms with Crippen LogP contribution in [-0.4, -0.2) is 25.7 Å². The molecule has 0 saturated carbocycles. The van der Waals surface area contributed by atoms with Gasteiger partial charge in [0.25, 0.3) is 0 Å². The first-order valence-corrected chi connectivity index (χ1v) is 11.3. The van der Waals surface area contributed by atoms with Crippen LogP contribution in [0.15, 0.2) is 115 Å². The molecular formula is C30H26N2O3. The van der Waals surface area contributed by atoms with E-state index in [2.05, 4.69) is 11.4 Å². The lowest BCUT2D eigenvalue weighted by Gasteiger charge is -2.39. The summed E-state index contributed by atoms with van der Waals surface area (Å²) < 4.78 is 11.1. The van der Waals surface area contributed by atoms with Gasteiger partial charge in [-0.3, -0.25) is 10.1 Å². The first-order valence-electron chi connectivity index (χ1n) is 11.3. The minimum atomic E-state index is -0.851. The molecule has 5 heteroatoms. The molecule has 0 fully saturated rings. The molecule has 1 atom stereocenters. The molecule has 1 unspecified atom stereocenters. The maximum Gasteiger partial charge on any atom is 0.326 e. The average Bonchev–Trinajstić information content (AvgIpc) is 2.94. The van der Waals surface area contributed by atoms with Crippen molar-refractivity contribution in [3.63, 3.8) is 0 Å². The molecule has 35 heavy (non-hydrogen) atoms. The molecule has 4 aromatic rings. The molecular weight excluding hydrogens is 436 g/mol. The van der Waals surface area contributed by atoms with Crippen molar-refractivity contribution in [3.05, 3.63) is 138 Å². The summed E-state index contributed by atoms with van der Waals surface area (Å²) in [5, 5.41) is 12.6. The van der Waals surface area contributed by atoms with Crippen LogP contribution in [0.1, 0.15) is 22.3 Å². The van der Waals surface area contributed by atoms with E-state index in [-0.39, 0.29) is 6.61 Å². The maximum absolute atomic E-state index is 13.0. The van der Waals surface area contributed by atoms with Gasteiger partial charge in [0.1, 0.15) is 18.4 Å². The second-order valence-corrected chi connectivity index (χ2v) is 8.02. The van der Waals surface area contributed by atoms with E-state index < -0.39 is 17.6 Å². The SMILES string of the molecule is COC(=O)C(COc1ccc(C#N)cc1)NC(c1ccccc1)(c1ccccc1)c1ccccc1. The summed E-state index contributed by atoms with van der Waals surface area (Å²) >= 11 is 0. The zero-order valence-corrected chi connectivity index (χ0v) is 19.4. The van der Waals surface area contributed by atoms with Gasteiger partial charge in [-0.05, 0) is 41.0 Å². The van der Waals surface area contributed by atoms with Crippen LogP contribution < -0.4 is 10.1 Å². The lowest BCUT2D eigenvalue weighted by atomic mass is 9.76. The Balaban J connectivity index is 1.79. The number of methoxy groups -OCH3 is 1. The number of nitriles is 1. The number of esters is 1. The Bertz CT molecular complexity index is 1170. The third kappa shape index (κ3) is 5.24. The number of benzene rings is 4. The van der Waals surface area contributed by atoms with E-state index in [0.29, 0.717) is 11.3 Å². The van der Waals surface area contributed by atoms with Gasteiger partial charge in [0, 0.05) is 0 Å². The summed E-state index contributed by atoms with van der Waals surface area (Å²) in [6.45, 7) is 0.0345. The van der Waals surface area contributed by atoms with Crippen molar-refractivity contribution in [2.75, 3.05) is 13.7 Å². The van der Waals surface area contributed by atoms with Gasteiger partial charge in [0.05, 0.1) is 24.3 Å². The topological polar surface area (TPSA) is 71.3 Å². The highest BCUT2D eigenvalue weighted by molar-refractivity contribution is 5.76. The van der Waals surface area contributed by atoms with Gasteiger partial charge in [-0.15, -0.1) is 0 Å². The van der Waals surface area contributed by atoms with E-state index in [4.69, 9.17) is 14.7 Å². The van der Waals surface area contributed by atoms with Gasteiger partial charge < -0.3 is 9.47 Å². The van der Waals surface area contributed by atoms with E-state index in [1.165, 1.54) is 7.11 Å². The van der Waals surface area contributed by atoms with Crippen molar-refractivity contribution in [1.29, 1.82) is 5.26 Å². The van der Waals surface area contributed by atoms with Crippen molar-refractivity contribution >= 4 is 5.97 Å². The molecule has 0 aliphatic heterocycles. The highest BCUT2D eigenvalue weighted by atomic mass is 16.5. The smallest absolute Gasteiger partial charge is 0.326 e. The molecule has 1 N–H and O–H groups in total. The van der Waals surface area contributed by atoms with Gasteiger partial charge in [-0.2, -0.15) is 5.26 Å². The predicted octanol–water partition coefficient (Wildman–Crippen LogP) is 5.06. The molecule has 0 radical (unpaired) electrons. The van der Waals surface area contributed by atoms with Crippen molar-refractivity contribution in [1.82, 2.24) is 5.32 Å². The molecule has 0 bridgehead atoms. The quantitative estimate of drug-likeness (QED) is 0.278. The largest absolute Gasteiger partial charge is 0.491 e. The van der Waals surface area contributed by atoms with Crippen LogP contribution >= 0.6 is 0 Å². The highest BCUT2D eigenvalue weighted by Gasteiger charge is 2.40. The molecule has 0 aliphatic carbocycles. The fourth-order valence-corrected chi connectivity index (χ4v) is 4.19. The first-order chi connectivity index (χ1) is 17.2. The fraction of sp³-hybridized carbons (Fsp3) is 0.133. The average molecular weight is 463 g/mol. The summed E-state index contributed by atoms with van der Waals surface area (Å²) in [5.41, 5.74) is 2.62. The standard InChI is InChI=1S/C30H26N2O3/c1-34-29(33)28(22-35-27-19-17-23(21-31)18-20-27)32-30(24-11-5-2-6-12-24,25-13-7-3-8-14-25)26-15-9-4-10-16-26/h2-20,28,32H,22H2,1H3. The van der Waals surface area contributed by atoms with E-state index in [1.807, 2.05) is 91.0 Å². The number of rotatable bonds is 9. The third-order valence-electron chi connectivity index (χ3n) is 5.90. The Morgan fingerprint density at radius 2 is 1.26 bits per heavy atom. The second kappa shape index (κ2) is 11.1. The van der Waals surface area contributed by atoms with Crippen LogP contribution in [-0.2, 0) is 15.1 Å². The highest BCUT2D eigenvalue weighted by Crippen LogP contribution is 2.37. The Kier molecular flexibility index (Phi) is 7.57. The molecule has 0 saturated heterocycles. The molecule has 4 rings (SSSR count). The van der Waals surface area contributed by atoms with Crippen molar-refractivity contribution < 1.29 is 14.3 Å². The third-order valence-corrected chi connectivity index (χ3v) is 5.90. The summed E-state index contributed by atoms with van der Waals surface area (Å²) in [6.07, 6.45) is 0. The van der Waals surface area contributed by atoms with Crippen LogP contribution in [0.5, 0.6) is 5.75 Å². The molecule has 0 heterocycles. The number of carbonyl (C=O) groups is 1. The van der Waals surface area contributed by atoms with Crippen LogP contribution in [0.25, 0.3) is 0 Å². The van der Waals surface area contributed by atoms with Crippen molar-refractivity contribution in [2.24, 2.45) is 0 Å². The van der Waals surface area contributed by atoms with Gasteiger partial charge in [-0.1, -0.05) is 91.0 Å². The van der Waals surface area contributed by atoms with Gasteiger partial charge >= 0.3 is 5.97 Å². The normalized spacial score (nSPS) is 11.8. The molecule has 0 spiro atoms.